The maximum absolute atomic E-state index is 12.6. The molecule has 9 heteroatoms. The first-order valence-electron chi connectivity index (χ1n) is 11.6. The van der Waals surface area contributed by atoms with E-state index >= 15 is 0 Å². The summed E-state index contributed by atoms with van der Waals surface area (Å²) < 4.78 is 26.9. The molecule has 1 aliphatic rings. The van der Waals surface area contributed by atoms with Crippen molar-refractivity contribution in [1.82, 2.24) is 4.90 Å². The Morgan fingerprint density at radius 2 is 1.57 bits per heavy atom. The number of Topliss-reactive ketones (excluding diaryl/α,β-unsaturated/α-hetero) is 1. The zero-order valence-electron chi connectivity index (χ0n) is 20.3. The predicted octanol–water partition coefficient (Wildman–Crippen LogP) is 3.53. The van der Waals surface area contributed by atoms with Crippen LogP contribution in [0.2, 0.25) is 0 Å². The molecule has 0 saturated carbocycles. The lowest BCUT2D eigenvalue weighted by Gasteiger charge is -2.26. The van der Waals surface area contributed by atoms with Gasteiger partial charge in [-0.05, 0) is 62.6 Å². The fourth-order valence-corrected chi connectivity index (χ4v) is 3.72. The fourth-order valence-electron chi connectivity index (χ4n) is 3.72. The number of likely N-dealkylation sites (tertiary alicyclic amines) is 1. The first kappa shape index (κ1) is 25.9. The average molecular weight is 486 g/mol. The zero-order chi connectivity index (χ0) is 25.2. The van der Waals surface area contributed by atoms with Crippen LogP contribution in [0.4, 0.5) is 0 Å². The van der Waals surface area contributed by atoms with Gasteiger partial charge in [-0.25, -0.2) is 4.79 Å². The molecule has 188 valence electrons. The number of ketones is 1. The minimum Gasteiger partial charge on any atom is -0.497 e. The second kappa shape index (κ2) is 12.6. The lowest BCUT2D eigenvalue weighted by atomic mass is 10.1. The second-order valence-corrected chi connectivity index (χ2v) is 7.89. The molecule has 0 radical (unpaired) electrons. The van der Waals surface area contributed by atoms with E-state index in [9.17, 15) is 14.4 Å². The van der Waals surface area contributed by atoms with Crippen LogP contribution < -0.4 is 18.9 Å². The molecule has 0 N–H and O–H groups in total. The summed E-state index contributed by atoms with van der Waals surface area (Å²) in [5.41, 5.74) is 0.436. The SMILES string of the molecule is CCOc1cc(C(=O)OCC(=O)c2cc(OC)ccc2OC)ccc1OCC(=O)N1CCCCC1. The molecule has 0 aromatic heterocycles. The zero-order valence-corrected chi connectivity index (χ0v) is 20.3. The van der Waals surface area contributed by atoms with Gasteiger partial charge in [0.2, 0.25) is 5.78 Å². The molecule has 35 heavy (non-hydrogen) atoms. The van der Waals surface area contributed by atoms with Gasteiger partial charge in [0.15, 0.2) is 24.7 Å². The number of carbonyl (C=O) groups excluding carboxylic acids is 3. The smallest absolute Gasteiger partial charge is 0.338 e. The van der Waals surface area contributed by atoms with Crippen molar-refractivity contribution < 1.29 is 38.1 Å². The molecule has 2 aromatic carbocycles. The molecule has 0 spiro atoms. The Morgan fingerprint density at radius 3 is 2.26 bits per heavy atom. The van der Waals surface area contributed by atoms with Gasteiger partial charge in [0, 0.05) is 13.1 Å². The summed E-state index contributed by atoms with van der Waals surface area (Å²) in [5, 5.41) is 0. The number of ether oxygens (including phenoxy) is 5. The van der Waals surface area contributed by atoms with Crippen LogP contribution in [0.3, 0.4) is 0 Å². The highest BCUT2D eigenvalue weighted by Gasteiger charge is 2.20. The largest absolute Gasteiger partial charge is 0.497 e. The van der Waals surface area contributed by atoms with E-state index in [-0.39, 0.29) is 23.6 Å². The summed E-state index contributed by atoms with van der Waals surface area (Å²) in [6.07, 6.45) is 3.13. The lowest BCUT2D eigenvalue weighted by Crippen LogP contribution is -2.38. The highest BCUT2D eigenvalue weighted by Crippen LogP contribution is 2.29. The summed E-state index contributed by atoms with van der Waals surface area (Å²) in [4.78, 5) is 39.4. The van der Waals surface area contributed by atoms with Gasteiger partial charge in [-0.1, -0.05) is 0 Å². The first-order chi connectivity index (χ1) is 17.0. The highest BCUT2D eigenvalue weighted by molar-refractivity contribution is 6.01. The molecule has 0 atom stereocenters. The van der Waals surface area contributed by atoms with Crippen LogP contribution in [0, 0.1) is 0 Å². The summed E-state index contributed by atoms with van der Waals surface area (Å²) in [6, 6.07) is 9.33. The minimum atomic E-state index is -0.697. The lowest BCUT2D eigenvalue weighted by molar-refractivity contribution is -0.134. The van der Waals surface area contributed by atoms with E-state index in [2.05, 4.69) is 0 Å². The van der Waals surface area contributed by atoms with E-state index in [1.165, 1.54) is 32.4 Å². The summed E-state index contributed by atoms with van der Waals surface area (Å²) in [7, 11) is 2.94. The molecular formula is C26H31NO8. The van der Waals surface area contributed by atoms with Crippen molar-refractivity contribution >= 4 is 17.7 Å². The molecule has 2 aromatic rings. The number of rotatable bonds is 11. The number of carbonyl (C=O) groups is 3. The van der Waals surface area contributed by atoms with Crippen LogP contribution in [0.15, 0.2) is 36.4 Å². The van der Waals surface area contributed by atoms with Gasteiger partial charge in [0.25, 0.3) is 5.91 Å². The van der Waals surface area contributed by atoms with Gasteiger partial charge in [0.1, 0.15) is 11.5 Å². The van der Waals surface area contributed by atoms with Crippen molar-refractivity contribution in [3.8, 4) is 23.0 Å². The maximum atomic E-state index is 12.6. The third-order valence-electron chi connectivity index (χ3n) is 5.58. The van der Waals surface area contributed by atoms with Crippen molar-refractivity contribution in [2.24, 2.45) is 0 Å². The highest BCUT2D eigenvalue weighted by atomic mass is 16.5. The normalized spacial score (nSPS) is 13.1. The van der Waals surface area contributed by atoms with E-state index in [1.54, 1.807) is 30.0 Å². The van der Waals surface area contributed by atoms with Crippen LogP contribution in [-0.4, -0.2) is 69.7 Å². The molecule has 0 aliphatic carbocycles. The Labute approximate surface area is 204 Å². The Morgan fingerprint density at radius 1 is 0.829 bits per heavy atom. The molecule has 3 rings (SSSR count). The topological polar surface area (TPSA) is 101 Å². The third kappa shape index (κ3) is 6.88. The third-order valence-corrected chi connectivity index (χ3v) is 5.58. The molecule has 1 amide bonds. The molecule has 0 bridgehead atoms. The monoisotopic (exact) mass is 485 g/mol. The van der Waals surface area contributed by atoms with Crippen molar-refractivity contribution in [2.75, 3.05) is 47.1 Å². The molecular weight excluding hydrogens is 454 g/mol. The summed E-state index contributed by atoms with van der Waals surface area (Å²) in [6.45, 7) is 3.03. The summed E-state index contributed by atoms with van der Waals surface area (Å²) in [5.74, 6) is 0.289. The van der Waals surface area contributed by atoms with E-state index in [0.717, 1.165) is 32.4 Å². The molecule has 1 heterocycles. The first-order valence-corrected chi connectivity index (χ1v) is 11.6. The van der Waals surface area contributed by atoms with Crippen LogP contribution in [-0.2, 0) is 9.53 Å². The van der Waals surface area contributed by atoms with Crippen LogP contribution in [0.1, 0.15) is 46.9 Å². The van der Waals surface area contributed by atoms with Gasteiger partial charge >= 0.3 is 5.97 Å². The van der Waals surface area contributed by atoms with E-state index in [0.29, 0.717) is 29.6 Å². The van der Waals surface area contributed by atoms with Crippen molar-refractivity contribution in [3.63, 3.8) is 0 Å². The van der Waals surface area contributed by atoms with Gasteiger partial charge in [-0.2, -0.15) is 0 Å². The standard InChI is InChI=1S/C26H31NO8/c1-4-33-24-14-18(8-10-23(24)34-17-25(29)27-12-6-5-7-13-27)26(30)35-16-21(28)20-15-19(31-2)9-11-22(20)32-3/h8-11,14-15H,4-7,12-13,16-17H2,1-3H3. The maximum Gasteiger partial charge on any atom is 0.338 e. The van der Waals surface area contributed by atoms with Crippen LogP contribution >= 0.6 is 0 Å². The molecule has 1 aliphatic heterocycles. The Bertz CT molecular complexity index is 1050. The van der Waals surface area contributed by atoms with Crippen molar-refractivity contribution in [2.45, 2.75) is 26.2 Å². The van der Waals surface area contributed by atoms with Gasteiger partial charge in [0.05, 0.1) is 32.0 Å². The quantitative estimate of drug-likeness (QED) is 0.352. The number of methoxy groups -OCH3 is 2. The Hall–Kier alpha value is -3.75. The number of benzene rings is 2. The summed E-state index contributed by atoms with van der Waals surface area (Å²) >= 11 is 0. The van der Waals surface area contributed by atoms with E-state index in [1.807, 2.05) is 0 Å². The van der Waals surface area contributed by atoms with Crippen molar-refractivity contribution in [3.05, 3.63) is 47.5 Å². The van der Waals surface area contributed by atoms with Crippen molar-refractivity contribution in [1.29, 1.82) is 0 Å². The van der Waals surface area contributed by atoms with E-state index < -0.39 is 18.4 Å². The van der Waals surface area contributed by atoms with Gasteiger partial charge in [-0.3, -0.25) is 9.59 Å². The number of esters is 1. The Kier molecular flexibility index (Phi) is 9.34. The minimum absolute atomic E-state index is 0.0814. The Balaban J connectivity index is 1.63. The number of piperidine rings is 1. The van der Waals surface area contributed by atoms with Crippen LogP contribution in [0.25, 0.3) is 0 Å². The van der Waals surface area contributed by atoms with Gasteiger partial charge < -0.3 is 28.6 Å². The number of nitrogens with zero attached hydrogens (tertiary/aromatic N) is 1. The molecule has 9 nitrogen and oxygen atoms in total. The molecule has 1 fully saturated rings. The average Bonchev–Trinajstić information content (AvgIpc) is 2.90. The molecule has 0 unspecified atom stereocenters. The van der Waals surface area contributed by atoms with Crippen LogP contribution in [0.5, 0.6) is 23.0 Å². The predicted molar refractivity (Wildman–Crippen MR) is 128 cm³/mol. The number of hydrogen-bond donors (Lipinski definition) is 0. The van der Waals surface area contributed by atoms with Gasteiger partial charge in [-0.15, -0.1) is 0 Å². The molecule has 1 saturated heterocycles. The van der Waals surface area contributed by atoms with E-state index in [4.69, 9.17) is 23.7 Å². The number of amides is 1. The number of hydrogen-bond acceptors (Lipinski definition) is 8. The second-order valence-electron chi connectivity index (χ2n) is 7.89. The fraction of sp³-hybridized carbons (Fsp3) is 0.423.